The first-order valence-corrected chi connectivity index (χ1v) is 8.36. The summed E-state index contributed by atoms with van der Waals surface area (Å²) in [5.74, 6) is -1.83. The Hall–Kier alpha value is -2.42. The average molecular weight is 367 g/mol. The highest BCUT2D eigenvalue weighted by Gasteiger charge is 2.33. The predicted molar refractivity (Wildman–Crippen MR) is 92.4 cm³/mol. The van der Waals surface area contributed by atoms with Crippen LogP contribution in [0.15, 0.2) is 23.0 Å². The Kier molecular flexibility index (Phi) is 6.51. The third-order valence-electron chi connectivity index (χ3n) is 3.75. The smallest absolute Gasteiger partial charge is 0.289 e. The third kappa shape index (κ3) is 5.28. The molecule has 2 amide bonds. The van der Waals surface area contributed by atoms with Crippen molar-refractivity contribution in [1.29, 1.82) is 0 Å². The summed E-state index contributed by atoms with van der Waals surface area (Å²) in [7, 11) is 0. The first kappa shape index (κ1) is 18.9. The number of rotatable bonds is 6. The van der Waals surface area contributed by atoms with Gasteiger partial charge in [-0.05, 0) is 30.6 Å². The van der Waals surface area contributed by atoms with E-state index in [1.54, 1.807) is 6.07 Å². The van der Waals surface area contributed by atoms with Gasteiger partial charge in [-0.25, -0.2) is 0 Å². The minimum Gasteiger partial charge on any atom is -0.472 e. The summed E-state index contributed by atoms with van der Waals surface area (Å²) >= 11 is 5.11. The van der Waals surface area contributed by atoms with Crippen molar-refractivity contribution in [2.45, 2.75) is 39.0 Å². The van der Waals surface area contributed by atoms with E-state index in [2.05, 4.69) is 16.0 Å². The Bertz CT molecular complexity index is 644. The van der Waals surface area contributed by atoms with E-state index in [0.717, 1.165) is 5.56 Å². The van der Waals surface area contributed by atoms with Crippen LogP contribution in [-0.2, 0) is 25.7 Å². The number of piperidine rings is 1. The number of carbonyl (C=O) groups is 3. The second-order valence-electron chi connectivity index (χ2n) is 6.04. The van der Waals surface area contributed by atoms with E-state index in [0.29, 0.717) is 13.0 Å². The first-order chi connectivity index (χ1) is 11.9. The molecule has 0 radical (unpaired) electrons. The number of hydrogen-bond donors (Lipinski definition) is 3. The van der Waals surface area contributed by atoms with Crippen LogP contribution in [-0.4, -0.2) is 41.4 Å². The molecule has 2 heterocycles. The summed E-state index contributed by atoms with van der Waals surface area (Å²) in [6.07, 6.45) is 3.43. The summed E-state index contributed by atoms with van der Waals surface area (Å²) < 4.78 is 10.3. The van der Waals surface area contributed by atoms with Crippen LogP contribution in [0, 0.1) is 5.92 Å². The maximum Gasteiger partial charge on any atom is 0.289 e. The Morgan fingerprint density at radius 3 is 2.88 bits per heavy atom. The lowest BCUT2D eigenvalue weighted by Crippen LogP contribution is -2.58. The Morgan fingerprint density at radius 1 is 1.48 bits per heavy atom. The maximum atomic E-state index is 12.5. The molecular weight excluding hydrogens is 346 g/mol. The van der Waals surface area contributed by atoms with Gasteiger partial charge in [0.2, 0.25) is 11.7 Å². The van der Waals surface area contributed by atoms with Crippen molar-refractivity contribution in [2.75, 3.05) is 6.54 Å². The van der Waals surface area contributed by atoms with Gasteiger partial charge in [0.1, 0.15) is 12.6 Å². The van der Waals surface area contributed by atoms with Crippen molar-refractivity contribution < 1.29 is 23.5 Å². The molecule has 1 aromatic rings. The zero-order chi connectivity index (χ0) is 18.4. The van der Waals surface area contributed by atoms with Crippen molar-refractivity contribution in [3.8, 4) is 0 Å². The van der Waals surface area contributed by atoms with Crippen LogP contribution >= 0.6 is 12.2 Å². The molecule has 1 saturated heterocycles. The summed E-state index contributed by atoms with van der Waals surface area (Å²) in [6, 6.07) is 0.244. The summed E-state index contributed by atoms with van der Waals surface area (Å²) in [5, 5.41) is 7.98. The lowest BCUT2D eigenvalue weighted by Gasteiger charge is -2.27. The van der Waals surface area contributed by atoms with Gasteiger partial charge in [0, 0.05) is 12.1 Å². The van der Waals surface area contributed by atoms with Gasteiger partial charge in [0.05, 0.1) is 18.6 Å². The Labute approximate surface area is 150 Å². The van der Waals surface area contributed by atoms with Crippen molar-refractivity contribution in [1.82, 2.24) is 16.0 Å². The van der Waals surface area contributed by atoms with Gasteiger partial charge >= 0.3 is 0 Å². The van der Waals surface area contributed by atoms with E-state index in [1.165, 1.54) is 12.5 Å². The molecule has 0 bridgehead atoms. The largest absolute Gasteiger partial charge is 0.472 e. The predicted octanol–water partition coefficient (Wildman–Crippen LogP) is 0.269. The number of hydrogen-bond acceptors (Lipinski definition) is 6. The van der Waals surface area contributed by atoms with E-state index in [9.17, 15) is 14.4 Å². The Morgan fingerprint density at radius 2 is 2.24 bits per heavy atom. The van der Waals surface area contributed by atoms with Crippen LogP contribution in [0.5, 0.6) is 0 Å². The van der Waals surface area contributed by atoms with Gasteiger partial charge in [-0.2, -0.15) is 0 Å². The minimum absolute atomic E-state index is 0.0720. The number of amides is 2. The van der Waals surface area contributed by atoms with Gasteiger partial charge in [-0.15, -0.1) is 0 Å². The van der Waals surface area contributed by atoms with Gasteiger partial charge in [-0.3, -0.25) is 14.4 Å². The second-order valence-corrected chi connectivity index (χ2v) is 6.41. The van der Waals surface area contributed by atoms with Gasteiger partial charge in [-0.1, -0.05) is 13.8 Å². The highest BCUT2D eigenvalue weighted by Crippen LogP contribution is 2.07. The molecule has 2 atom stereocenters. The number of ketones is 1. The molecule has 1 aliphatic heterocycles. The quantitative estimate of drug-likeness (QED) is 0.489. The van der Waals surface area contributed by atoms with Gasteiger partial charge in [0.15, 0.2) is 0 Å². The fraction of sp³-hybridized carbons (Fsp3) is 0.500. The highest BCUT2D eigenvalue weighted by molar-refractivity contribution is 7.80. The lowest BCUT2D eigenvalue weighted by molar-refractivity contribution is -0.142. The Balaban J connectivity index is 1.90. The fourth-order valence-corrected chi connectivity index (χ4v) is 2.52. The van der Waals surface area contributed by atoms with E-state index in [-0.39, 0.29) is 17.7 Å². The number of nitrogens with one attached hydrogen (secondary N) is 3. The maximum absolute atomic E-state index is 12.5. The molecule has 3 N–H and O–H groups in total. The summed E-state index contributed by atoms with van der Waals surface area (Å²) in [5.41, 5.74) is 0.813. The van der Waals surface area contributed by atoms with E-state index >= 15 is 0 Å². The molecule has 1 fully saturated rings. The van der Waals surface area contributed by atoms with Crippen molar-refractivity contribution in [2.24, 2.45) is 5.92 Å². The standard InChI is InChI=1S/C16H21N3O5S/c1-9(2)12(19-16(25)24-8-10-4-6-23-7-10)14(21)18-11-3-5-17-15(22)13(11)20/h4,6-7,9,11-12H,3,5,8H2,1-2H3,(H,17,22)(H,18,21)(H,19,25). The molecule has 9 heteroatoms. The number of Topliss-reactive ketones (excluding diaryl/α,β-unsaturated/α-hetero) is 1. The third-order valence-corrected chi connectivity index (χ3v) is 3.98. The molecule has 1 aromatic heterocycles. The summed E-state index contributed by atoms with van der Waals surface area (Å²) in [4.78, 5) is 35.7. The van der Waals surface area contributed by atoms with Crippen LogP contribution in [0.2, 0.25) is 0 Å². The average Bonchev–Trinajstić information content (AvgIpc) is 3.08. The van der Waals surface area contributed by atoms with Crippen LogP contribution in [0.1, 0.15) is 25.8 Å². The normalized spacial score (nSPS) is 18.4. The molecular formula is C16H21N3O5S. The van der Waals surface area contributed by atoms with Crippen molar-refractivity contribution in [3.05, 3.63) is 24.2 Å². The molecule has 0 aromatic carbocycles. The molecule has 136 valence electrons. The topological polar surface area (TPSA) is 110 Å². The number of furan rings is 1. The van der Waals surface area contributed by atoms with E-state index in [4.69, 9.17) is 21.4 Å². The van der Waals surface area contributed by atoms with E-state index in [1.807, 2.05) is 13.8 Å². The number of carbonyl (C=O) groups excluding carboxylic acids is 3. The number of ether oxygens (including phenoxy) is 1. The van der Waals surface area contributed by atoms with Crippen LogP contribution in [0.25, 0.3) is 0 Å². The summed E-state index contributed by atoms with van der Waals surface area (Å²) in [6.45, 7) is 4.24. The molecule has 0 saturated carbocycles. The van der Waals surface area contributed by atoms with Gasteiger partial charge < -0.3 is 25.1 Å². The van der Waals surface area contributed by atoms with Crippen molar-refractivity contribution >= 4 is 35.0 Å². The molecule has 8 nitrogen and oxygen atoms in total. The first-order valence-electron chi connectivity index (χ1n) is 7.95. The number of thiocarbonyl (C=S) groups is 1. The fourth-order valence-electron chi connectivity index (χ4n) is 2.33. The molecule has 1 aliphatic rings. The zero-order valence-corrected chi connectivity index (χ0v) is 14.9. The molecule has 2 unspecified atom stereocenters. The van der Waals surface area contributed by atoms with Gasteiger partial charge in [0.25, 0.3) is 11.1 Å². The molecule has 2 rings (SSSR count). The van der Waals surface area contributed by atoms with Crippen LogP contribution < -0.4 is 16.0 Å². The minimum atomic E-state index is -0.815. The van der Waals surface area contributed by atoms with Crippen molar-refractivity contribution in [3.63, 3.8) is 0 Å². The molecule has 0 aliphatic carbocycles. The highest BCUT2D eigenvalue weighted by atomic mass is 32.1. The zero-order valence-electron chi connectivity index (χ0n) is 14.0. The van der Waals surface area contributed by atoms with E-state index < -0.39 is 29.7 Å². The monoisotopic (exact) mass is 367 g/mol. The SMILES string of the molecule is CC(C)C(NC(=S)OCc1ccoc1)C(=O)NC1CCNC(=O)C1=O. The van der Waals surface area contributed by atoms with Crippen LogP contribution in [0.3, 0.4) is 0 Å². The second kappa shape index (κ2) is 8.61. The lowest BCUT2D eigenvalue weighted by atomic mass is 10.0. The van der Waals surface area contributed by atoms with Crippen LogP contribution in [0.4, 0.5) is 0 Å². The molecule has 25 heavy (non-hydrogen) atoms. The molecule has 0 spiro atoms.